The van der Waals surface area contributed by atoms with Crippen LogP contribution in [0.1, 0.15) is 25.0 Å². The number of rotatable bonds is 7. The number of halogens is 2. The number of nitriles is 1. The fourth-order valence-corrected chi connectivity index (χ4v) is 2.85. The van der Waals surface area contributed by atoms with Crippen molar-refractivity contribution in [3.8, 4) is 17.6 Å². The van der Waals surface area contributed by atoms with Gasteiger partial charge in [-0.15, -0.1) is 0 Å². The Bertz CT molecular complexity index is 934. The summed E-state index contributed by atoms with van der Waals surface area (Å²) >= 11 is 12.5. The summed E-state index contributed by atoms with van der Waals surface area (Å²) in [5.74, 6) is 0.283. The molecule has 0 saturated carbocycles. The molecule has 0 heterocycles. The van der Waals surface area contributed by atoms with Gasteiger partial charge in [-0.3, -0.25) is 4.79 Å². The monoisotopic (exact) mass is 418 g/mol. The van der Waals surface area contributed by atoms with Gasteiger partial charge in [0.15, 0.2) is 11.5 Å². The van der Waals surface area contributed by atoms with Crippen molar-refractivity contribution < 1.29 is 14.3 Å². The summed E-state index contributed by atoms with van der Waals surface area (Å²) in [6.45, 7) is 3.85. The number of hydrogen-bond donors (Lipinski definition) is 1. The first-order chi connectivity index (χ1) is 13.3. The maximum atomic E-state index is 12.1. The van der Waals surface area contributed by atoms with E-state index >= 15 is 0 Å². The molecule has 0 saturated heterocycles. The Labute approximate surface area is 174 Å². The molecule has 0 fully saturated rings. The van der Waals surface area contributed by atoms with Gasteiger partial charge < -0.3 is 14.8 Å². The Morgan fingerprint density at radius 3 is 2.57 bits per heavy atom. The molecule has 146 valence electrons. The van der Waals surface area contributed by atoms with Gasteiger partial charge >= 0.3 is 0 Å². The summed E-state index contributed by atoms with van der Waals surface area (Å²) < 4.78 is 11.2. The van der Waals surface area contributed by atoms with Crippen molar-refractivity contribution in [2.45, 2.75) is 26.5 Å². The zero-order valence-corrected chi connectivity index (χ0v) is 17.3. The van der Waals surface area contributed by atoms with Gasteiger partial charge in [0, 0.05) is 16.6 Å². The smallest absolute Gasteiger partial charge is 0.262 e. The number of nitrogens with zero attached hydrogens (tertiary/aromatic N) is 1. The van der Waals surface area contributed by atoms with Gasteiger partial charge in [0.25, 0.3) is 5.91 Å². The first-order valence-corrected chi connectivity index (χ1v) is 9.27. The first kappa shape index (κ1) is 21.6. The number of benzene rings is 2. The largest absolute Gasteiger partial charge is 0.493 e. The Hall–Kier alpha value is -2.68. The molecule has 0 bridgehead atoms. The molecule has 2 aromatic carbocycles. The summed E-state index contributed by atoms with van der Waals surface area (Å²) in [6.07, 6.45) is 1.45. The standard InChI is InChI=1S/C21H20Cl2N2O3/c1-13(2)25-21(26)16(11-24)8-14-9-18(23)20(19(10-14)27-3)28-12-15-6-4-5-7-17(15)22/h4-10,13H,12H2,1-3H3,(H,25,26)/b16-8-. The van der Waals surface area contributed by atoms with Crippen molar-refractivity contribution >= 4 is 35.2 Å². The van der Waals surface area contributed by atoms with Crippen LogP contribution in [0.15, 0.2) is 42.0 Å². The van der Waals surface area contributed by atoms with Gasteiger partial charge in [-0.1, -0.05) is 41.4 Å². The Kier molecular flexibility index (Phi) is 7.74. The van der Waals surface area contributed by atoms with Gasteiger partial charge in [0.1, 0.15) is 18.2 Å². The molecule has 0 atom stereocenters. The van der Waals surface area contributed by atoms with Crippen LogP contribution in [-0.4, -0.2) is 19.1 Å². The number of ether oxygens (including phenoxy) is 2. The number of carbonyl (C=O) groups excluding carboxylic acids is 1. The number of amides is 1. The van der Waals surface area contributed by atoms with Crippen LogP contribution < -0.4 is 14.8 Å². The molecule has 7 heteroatoms. The minimum atomic E-state index is -0.452. The van der Waals surface area contributed by atoms with Crippen molar-refractivity contribution in [1.82, 2.24) is 5.32 Å². The predicted octanol–water partition coefficient (Wildman–Crippen LogP) is 5.01. The topological polar surface area (TPSA) is 71.3 Å². The summed E-state index contributed by atoms with van der Waals surface area (Å²) in [7, 11) is 1.48. The molecule has 5 nitrogen and oxygen atoms in total. The highest BCUT2D eigenvalue weighted by molar-refractivity contribution is 6.32. The summed E-state index contributed by atoms with van der Waals surface area (Å²) in [6, 6.07) is 12.4. The lowest BCUT2D eigenvalue weighted by molar-refractivity contribution is -0.117. The lowest BCUT2D eigenvalue weighted by Gasteiger charge is -2.14. The first-order valence-electron chi connectivity index (χ1n) is 8.52. The van der Waals surface area contributed by atoms with Crippen LogP contribution in [0.3, 0.4) is 0 Å². The van der Waals surface area contributed by atoms with Crippen molar-refractivity contribution in [3.05, 3.63) is 63.1 Å². The van der Waals surface area contributed by atoms with Gasteiger partial charge in [-0.25, -0.2) is 0 Å². The van der Waals surface area contributed by atoms with E-state index in [1.54, 1.807) is 18.2 Å². The van der Waals surface area contributed by atoms with Crippen molar-refractivity contribution in [2.24, 2.45) is 0 Å². The van der Waals surface area contributed by atoms with Crippen LogP contribution in [0.5, 0.6) is 11.5 Å². The molecule has 0 radical (unpaired) electrons. The molecule has 2 aromatic rings. The van der Waals surface area contributed by atoms with E-state index in [2.05, 4.69) is 5.32 Å². The summed E-state index contributed by atoms with van der Waals surface area (Å²) in [5, 5.41) is 12.8. The highest BCUT2D eigenvalue weighted by atomic mass is 35.5. The average molecular weight is 419 g/mol. The molecule has 28 heavy (non-hydrogen) atoms. The highest BCUT2D eigenvalue weighted by Crippen LogP contribution is 2.37. The maximum absolute atomic E-state index is 12.1. The quantitative estimate of drug-likeness (QED) is 0.506. The van der Waals surface area contributed by atoms with Crippen LogP contribution in [0.4, 0.5) is 0 Å². The molecule has 1 amide bonds. The number of nitrogens with one attached hydrogen (secondary N) is 1. The maximum Gasteiger partial charge on any atom is 0.262 e. The molecule has 0 aliphatic rings. The third-order valence-electron chi connectivity index (χ3n) is 3.68. The predicted molar refractivity (Wildman–Crippen MR) is 111 cm³/mol. The summed E-state index contributed by atoms with van der Waals surface area (Å²) in [4.78, 5) is 12.1. The molecular formula is C21H20Cl2N2O3. The van der Waals surface area contributed by atoms with Crippen molar-refractivity contribution in [2.75, 3.05) is 7.11 Å². The van der Waals surface area contributed by atoms with Gasteiger partial charge in [-0.2, -0.15) is 5.26 Å². The molecule has 0 aliphatic heterocycles. The Balaban J connectivity index is 2.30. The van der Waals surface area contributed by atoms with Crippen LogP contribution in [0, 0.1) is 11.3 Å². The van der Waals surface area contributed by atoms with E-state index in [1.165, 1.54) is 13.2 Å². The minimum absolute atomic E-state index is 0.0310. The lowest BCUT2D eigenvalue weighted by atomic mass is 10.1. The molecule has 0 aromatic heterocycles. The van der Waals surface area contributed by atoms with Gasteiger partial charge in [0.05, 0.1) is 12.1 Å². The Morgan fingerprint density at radius 1 is 1.25 bits per heavy atom. The molecule has 1 N–H and O–H groups in total. The second-order valence-corrected chi connectivity index (χ2v) is 7.03. The van der Waals surface area contributed by atoms with E-state index in [4.69, 9.17) is 32.7 Å². The average Bonchev–Trinajstić information content (AvgIpc) is 2.65. The van der Waals surface area contributed by atoms with Crippen LogP contribution >= 0.6 is 23.2 Å². The van der Waals surface area contributed by atoms with E-state index in [-0.39, 0.29) is 18.2 Å². The van der Waals surface area contributed by atoms with E-state index < -0.39 is 5.91 Å². The van der Waals surface area contributed by atoms with E-state index in [0.29, 0.717) is 27.1 Å². The molecule has 2 rings (SSSR count). The van der Waals surface area contributed by atoms with E-state index in [1.807, 2.05) is 38.1 Å². The second kappa shape index (κ2) is 10.0. The van der Waals surface area contributed by atoms with Crippen LogP contribution in [-0.2, 0) is 11.4 Å². The lowest BCUT2D eigenvalue weighted by Crippen LogP contribution is -2.30. The van der Waals surface area contributed by atoms with Crippen molar-refractivity contribution in [3.63, 3.8) is 0 Å². The number of hydrogen-bond acceptors (Lipinski definition) is 4. The highest BCUT2D eigenvalue weighted by Gasteiger charge is 2.15. The van der Waals surface area contributed by atoms with Crippen molar-refractivity contribution in [1.29, 1.82) is 5.26 Å². The fourth-order valence-electron chi connectivity index (χ4n) is 2.38. The van der Waals surface area contributed by atoms with Gasteiger partial charge in [-0.05, 0) is 43.7 Å². The molecular weight excluding hydrogens is 399 g/mol. The molecule has 0 spiro atoms. The summed E-state index contributed by atoms with van der Waals surface area (Å²) in [5.41, 5.74) is 1.32. The molecule has 0 aliphatic carbocycles. The van der Waals surface area contributed by atoms with Crippen LogP contribution in [0.2, 0.25) is 10.0 Å². The fraction of sp³-hybridized carbons (Fsp3) is 0.238. The van der Waals surface area contributed by atoms with Gasteiger partial charge in [0.2, 0.25) is 0 Å². The van der Waals surface area contributed by atoms with E-state index in [0.717, 1.165) is 5.56 Å². The number of methoxy groups -OCH3 is 1. The van der Waals surface area contributed by atoms with E-state index in [9.17, 15) is 10.1 Å². The third-order valence-corrected chi connectivity index (χ3v) is 4.33. The Morgan fingerprint density at radius 2 is 1.96 bits per heavy atom. The zero-order chi connectivity index (χ0) is 20.7. The molecule has 0 unspecified atom stereocenters. The number of carbonyl (C=O) groups is 1. The SMILES string of the molecule is COc1cc(/C=C(/C#N)C(=O)NC(C)C)cc(Cl)c1OCc1ccccc1Cl. The normalized spacial score (nSPS) is 11.1. The second-order valence-electron chi connectivity index (χ2n) is 6.21. The zero-order valence-electron chi connectivity index (χ0n) is 15.8. The third kappa shape index (κ3) is 5.66. The van der Waals surface area contributed by atoms with Crippen LogP contribution in [0.25, 0.3) is 6.08 Å². The minimum Gasteiger partial charge on any atom is -0.493 e.